The number of hydrogen-bond acceptors (Lipinski definition) is 3. The second-order valence-electron chi connectivity index (χ2n) is 4.66. The monoisotopic (exact) mass is 305 g/mol. The van der Waals surface area contributed by atoms with Crippen LogP contribution in [-0.2, 0) is 6.54 Å². The fraction of sp³-hybridized carbons (Fsp3) is 0.294. The summed E-state index contributed by atoms with van der Waals surface area (Å²) in [7, 11) is 1.66. The van der Waals surface area contributed by atoms with Crippen LogP contribution in [0.3, 0.4) is 0 Å². The number of hydrogen-bond donors (Lipinski definition) is 1. The molecule has 0 heterocycles. The zero-order valence-electron chi connectivity index (χ0n) is 12.4. The lowest BCUT2D eigenvalue weighted by Gasteiger charge is -2.15. The van der Waals surface area contributed by atoms with Crippen molar-refractivity contribution < 1.29 is 9.47 Å². The molecule has 21 heavy (non-hydrogen) atoms. The van der Waals surface area contributed by atoms with Gasteiger partial charge in [-0.2, -0.15) is 0 Å². The SMILES string of the molecule is CCCOc1c(CNc2ccc(Cl)cc2)cccc1OC. The number of rotatable bonds is 7. The average Bonchev–Trinajstić information content (AvgIpc) is 2.52. The highest BCUT2D eigenvalue weighted by atomic mass is 35.5. The van der Waals surface area contributed by atoms with E-state index in [2.05, 4.69) is 12.2 Å². The molecule has 0 aliphatic rings. The zero-order chi connectivity index (χ0) is 15.1. The predicted octanol–water partition coefficient (Wildman–Crippen LogP) is 4.75. The summed E-state index contributed by atoms with van der Waals surface area (Å²) in [6, 6.07) is 13.6. The first-order chi connectivity index (χ1) is 10.2. The Kier molecular flexibility index (Phi) is 5.76. The average molecular weight is 306 g/mol. The zero-order valence-corrected chi connectivity index (χ0v) is 13.1. The molecule has 0 radical (unpaired) electrons. The Hall–Kier alpha value is -1.87. The number of methoxy groups -OCH3 is 1. The molecule has 3 nitrogen and oxygen atoms in total. The third-order valence-electron chi connectivity index (χ3n) is 3.06. The Morgan fingerprint density at radius 3 is 2.52 bits per heavy atom. The van der Waals surface area contributed by atoms with Crippen LogP contribution in [0, 0.1) is 0 Å². The Bertz CT molecular complexity index is 570. The van der Waals surface area contributed by atoms with Crippen molar-refractivity contribution in [2.45, 2.75) is 19.9 Å². The summed E-state index contributed by atoms with van der Waals surface area (Å²) < 4.78 is 11.2. The van der Waals surface area contributed by atoms with Crippen LogP contribution in [0.1, 0.15) is 18.9 Å². The van der Waals surface area contributed by atoms with Gasteiger partial charge < -0.3 is 14.8 Å². The van der Waals surface area contributed by atoms with Gasteiger partial charge in [-0.3, -0.25) is 0 Å². The molecular formula is C17H20ClNO2. The van der Waals surface area contributed by atoms with Crippen molar-refractivity contribution in [2.75, 3.05) is 19.0 Å². The van der Waals surface area contributed by atoms with Gasteiger partial charge in [0.1, 0.15) is 0 Å². The van der Waals surface area contributed by atoms with E-state index in [1.807, 2.05) is 42.5 Å². The van der Waals surface area contributed by atoms with Gasteiger partial charge in [0.2, 0.25) is 0 Å². The second kappa shape index (κ2) is 7.79. The quantitative estimate of drug-likeness (QED) is 0.800. The van der Waals surface area contributed by atoms with Crippen LogP contribution in [0.15, 0.2) is 42.5 Å². The predicted molar refractivity (Wildman–Crippen MR) is 87.6 cm³/mol. The van der Waals surface area contributed by atoms with Crippen LogP contribution < -0.4 is 14.8 Å². The molecule has 0 aliphatic heterocycles. The van der Waals surface area contributed by atoms with Crippen molar-refractivity contribution in [1.29, 1.82) is 0 Å². The van der Waals surface area contributed by atoms with E-state index < -0.39 is 0 Å². The molecule has 4 heteroatoms. The highest BCUT2D eigenvalue weighted by molar-refractivity contribution is 6.30. The summed E-state index contributed by atoms with van der Waals surface area (Å²) in [6.07, 6.45) is 0.960. The molecule has 2 rings (SSSR count). The van der Waals surface area contributed by atoms with Gasteiger partial charge in [0.25, 0.3) is 0 Å². The lowest BCUT2D eigenvalue weighted by atomic mass is 10.1. The number of anilines is 1. The van der Waals surface area contributed by atoms with E-state index in [4.69, 9.17) is 21.1 Å². The lowest BCUT2D eigenvalue weighted by Crippen LogP contribution is -2.05. The minimum absolute atomic E-state index is 0.665. The van der Waals surface area contributed by atoms with Crippen LogP contribution in [0.4, 0.5) is 5.69 Å². The molecule has 0 fully saturated rings. The van der Waals surface area contributed by atoms with Crippen molar-refractivity contribution in [2.24, 2.45) is 0 Å². The summed E-state index contributed by atoms with van der Waals surface area (Å²) in [5, 5.41) is 4.09. The second-order valence-corrected chi connectivity index (χ2v) is 5.09. The number of nitrogens with one attached hydrogen (secondary N) is 1. The molecule has 2 aromatic rings. The molecule has 0 saturated heterocycles. The smallest absolute Gasteiger partial charge is 0.166 e. The minimum Gasteiger partial charge on any atom is -0.493 e. The van der Waals surface area contributed by atoms with Crippen LogP contribution in [0.25, 0.3) is 0 Å². The summed E-state index contributed by atoms with van der Waals surface area (Å²) >= 11 is 5.89. The third-order valence-corrected chi connectivity index (χ3v) is 3.31. The minimum atomic E-state index is 0.665. The molecule has 0 bridgehead atoms. The molecule has 1 N–H and O–H groups in total. The van der Waals surface area contributed by atoms with Gasteiger partial charge in [0.15, 0.2) is 11.5 Å². The molecular weight excluding hydrogens is 286 g/mol. The summed E-state index contributed by atoms with van der Waals surface area (Å²) in [4.78, 5) is 0. The molecule has 0 spiro atoms. The van der Waals surface area contributed by atoms with Crippen molar-refractivity contribution in [3.63, 3.8) is 0 Å². The van der Waals surface area contributed by atoms with Gasteiger partial charge >= 0.3 is 0 Å². The summed E-state index contributed by atoms with van der Waals surface area (Å²) in [5.41, 5.74) is 2.08. The third kappa shape index (κ3) is 4.30. The highest BCUT2D eigenvalue weighted by Gasteiger charge is 2.10. The molecule has 112 valence electrons. The maximum absolute atomic E-state index is 5.89. The Morgan fingerprint density at radius 2 is 1.86 bits per heavy atom. The molecule has 0 amide bonds. The molecule has 0 saturated carbocycles. The maximum atomic E-state index is 5.89. The normalized spacial score (nSPS) is 10.2. The van der Waals surface area contributed by atoms with Gasteiger partial charge in [-0.15, -0.1) is 0 Å². The molecule has 0 aliphatic carbocycles. The van der Waals surface area contributed by atoms with Gasteiger partial charge in [0, 0.05) is 22.8 Å². The van der Waals surface area contributed by atoms with Crippen LogP contribution in [0.2, 0.25) is 5.02 Å². The van der Waals surface area contributed by atoms with Crippen LogP contribution >= 0.6 is 11.6 Å². The largest absolute Gasteiger partial charge is 0.493 e. The topological polar surface area (TPSA) is 30.5 Å². The Labute approximate surface area is 130 Å². The first kappa shape index (κ1) is 15.5. The molecule has 0 unspecified atom stereocenters. The molecule has 0 aromatic heterocycles. The van der Waals surface area contributed by atoms with E-state index in [1.54, 1.807) is 7.11 Å². The summed E-state index contributed by atoms with van der Waals surface area (Å²) in [6.45, 7) is 3.42. The van der Waals surface area contributed by atoms with Gasteiger partial charge in [-0.25, -0.2) is 0 Å². The Balaban J connectivity index is 2.12. The van der Waals surface area contributed by atoms with Gasteiger partial charge in [-0.1, -0.05) is 30.7 Å². The Morgan fingerprint density at radius 1 is 1.10 bits per heavy atom. The van der Waals surface area contributed by atoms with Crippen LogP contribution in [-0.4, -0.2) is 13.7 Å². The van der Waals surface area contributed by atoms with E-state index in [-0.39, 0.29) is 0 Å². The van der Waals surface area contributed by atoms with Crippen molar-refractivity contribution >= 4 is 17.3 Å². The molecule has 2 aromatic carbocycles. The van der Waals surface area contributed by atoms with E-state index >= 15 is 0 Å². The van der Waals surface area contributed by atoms with Crippen molar-refractivity contribution in [3.8, 4) is 11.5 Å². The van der Waals surface area contributed by atoms with Gasteiger partial charge in [0.05, 0.1) is 13.7 Å². The summed E-state index contributed by atoms with van der Waals surface area (Å²) in [5.74, 6) is 1.57. The fourth-order valence-corrected chi connectivity index (χ4v) is 2.12. The number of halogens is 1. The van der Waals surface area contributed by atoms with Crippen LogP contribution in [0.5, 0.6) is 11.5 Å². The van der Waals surface area contributed by atoms with Crippen molar-refractivity contribution in [3.05, 3.63) is 53.1 Å². The molecule has 0 atom stereocenters. The highest BCUT2D eigenvalue weighted by Crippen LogP contribution is 2.31. The maximum Gasteiger partial charge on any atom is 0.166 e. The number of para-hydroxylation sites is 1. The fourth-order valence-electron chi connectivity index (χ4n) is 1.99. The van der Waals surface area contributed by atoms with E-state index in [9.17, 15) is 0 Å². The van der Waals surface area contributed by atoms with E-state index in [0.717, 1.165) is 34.2 Å². The van der Waals surface area contributed by atoms with Crippen molar-refractivity contribution in [1.82, 2.24) is 0 Å². The standard InChI is InChI=1S/C17H20ClNO2/c1-3-11-21-17-13(5-4-6-16(17)20-2)12-19-15-9-7-14(18)8-10-15/h4-10,19H,3,11-12H2,1-2H3. The first-order valence-electron chi connectivity index (χ1n) is 7.02. The van der Waals surface area contributed by atoms with E-state index in [0.29, 0.717) is 13.2 Å². The number of ether oxygens (including phenoxy) is 2. The number of benzene rings is 2. The lowest BCUT2D eigenvalue weighted by molar-refractivity contribution is 0.291. The van der Waals surface area contributed by atoms with E-state index in [1.165, 1.54) is 0 Å². The first-order valence-corrected chi connectivity index (χ1v) is 7.40. The van der Waals surface area contributed by atoms with Gasteiger partial charge in [-0.05, 0) is 36.8 Å².